The van der Waals surface area contributed by atoms with Crippen molar-refractivity contribution >= 4 is 16.7 Å². The molecule has 1 saturated heterocycles. The topological polar surface area (TPSA) is 61.4 Å². The van der Waals surface area contributed by atoms with Crippen LogP contribution in [0.4, 0.5) is 5.69 Å². The van der Waals surface area contributed by atoms with Crippen molar-refractivity contribution in [2.24, 2.45) is 0 Å². The zero-order valence-electron chi connectivity index (χ0n) is 16.9. The van der Waals surface area contributed by atoms with Crippen LogP contribution in [0.15, 0.2) is 36.5 Å². The number of aryl methyl sites for hydroxylation is 1. The monoisotopic (exact) mass is 389 g/mol. The van der Waals surface area contributed by atoms with Gasteiger partial charge in [-0.15, -0.1) is 0 Å². The fourth-order valence-corrected chi connectivity index (χ4v) is 3.83. The average Bonchev–Trinajstić information content (AvgIpc) is 3.13. The SMILES string of the molecule is CCCc1c(-c2ccc(N3CCOCC3)cc2)[nH]c2ncc(C#CCCO)cc12. The lowest BCUT2D eigenvalue weighted by Crippen LogP contribution is -2.36. The number of H-pyrrole nitrogens is 1. The van der Waals surface area contributed by atoms with Gasteiger partial charge in [0.2, 0.25) is 0 Å². The van der Waals surface area contributed by atoms with E-state index < -0.39 is 0 Å². The van der Waals surface area contributed by atoms with Crippen molar-refractivity contribution in [2.45, 2.75) is 26.2 Å². The fourth-order valence-electron chi connectivity index (χ4n) is 3.83. The van der Waals surface area contributed by atoms with Gasteiger partial charge in [-0.25, -0.2) is 4.98 Å². The molecule has 1 aliphatic rings. The molecule has 1 aromatic carbocycles. The number of nitrogens with one attached hydrogen (secondary N) is 1. The number of aromatic amines is 1. The van der Waals surface area contributed by atoms with Crippen LogP contribution in [0.5, 0.6) is 0 Å². The lowest BCUT2D eigenvalue weighted by atomic mass is 10.0. The molecule has 1 fully saturated rings. The molecular formula is C24H27N3O2. The Hall–Kier alpha value is -2.81. The molecule has 4 rings (SSSR count). The molecule has 0 spiro atoms. The van der Waals surface area contributed by atoms with E-state index in [0.29, 0.717) is 6.42 Å². The van der Waals surface area contributed by atoms with Gasteiger partial charge in [0.05, 0.1) is 25.5 Å². The van der Waals surface area contributed by atoms with Crippen molar-refractivity contribution in [1.29, 1.82) is 0 Å². The highest BCUT2D eigenvalue weighted by molar-refractivity contribution is 5.89. The van der Waals surface area contributed by atoms with Gasteiger partial charge in [0, 0.05) is 42.3 Å². The first-order chi connectivity index (χ1) is 14.3. The van der Waals surface area contributed by atoms with Crippen LogP contribution in [0.1, 0.15) is 30.9 Å². The Kier molecular flexibility index (Phi) is 6.14. The summed E-state index contributed by atoms with van der Waals surface area (Å²) in [6.07, 6.45) is 4.32. The summed E-state index contributed by atoms with van der Waals surface area (Å²) in [6.45, 7) is 5.74. The summed E-state index contributed by atoms with van der Waals surface area (Å²) in [6, 6.07) is 10.9. The number of ether oxygens (including phenoxy) is 1. The smallest absolute Gasteiger partial charge is 0.138 e. The fraction of sp³-hybridized carbons (Fsp3) is 0.375. The molecule has 150 valence electrons. The molecule has 0 atom stereocenters. The molecule has 0 amide bonds. The molecule has 0 saturated carbocycles. The predicted octanol–water partition coefficient (Wildman–Crippen LogP) is 3.75. The van der Waals surface area contributed by atoms with Crippen molar-refractivity contribution in [2.75, 3.05) is 37.8 Å². The minimum atomic E-state index is 0.0819. The third-order valence-corrected chi connectivity index (χ3v) is 5.26. The number of pyridine rings is 1. The van der Waals surface area contributed by atoms with Gasteiger partial charge in [0.1, 0.15) is 5.65 Å². The van der Waals surface area contributed by atoms with Gasteiger partial charge in [-0.1, -0.05) is 37.3 Å². The Morgan fingerprint density at radius 3 is 2.72 bits per heavy atom. The van der Waals surface area contributed by atoms with E-state index in [4.69, 9.17) is 9.84 Å². The molecule has 2 aromatic heterocycles. The number of hydrogen-bond donors (Lipinski definition) is 2. The number of rotatable bonds is 5. The summed E-state index contributed by atoms with van der Waals surface area (Å²) < 4.78 is 5.46. The molecule has 5 nitrogen and oxygen atoms in total. The van der Waals surface area contributed by atoms with Crippen LogP contribution in [0.2, 0.25) is 0 Å². The van der Waals surface area contributed by atoms with Gasteiger partial charge >= 0.3 is 0 Å². The number of aliphatic hydroxyl groups excluding tert-OH is 1. The van der Waals surface area contributed by atoms with Crippen LogP contribution in [0.25, 0.3) is 22.3 Å². The molecule has 3 aromatic rings. The van der Waals surface area contributed by atoms with Gasteiger partial charge in [0.25, 0.3) is 0 Å². The first-order valence-corrected chi connectivity index (χ1v) is 10.3. The second-order valence-electron chi connectivity index (χ2n) is 7.27. The number of anilines is 1. The molecule has 0 unspecified atom stereocenters. The van der Waals surface area contributed by atoms with E-state index in [2.05, 4.69) is 64.0 Å². The molecule has 0 aliphatic carbocycles. The third kappa shape index (κ3) is 4.29. The molecule has 1 aliphatic heterocycles. The van der Waals surface area contributed by atoms with E-state index in [1.54, 1.807) is 6.20 Å². The second-order valence-corrected chi connectivity index (χ2v) is 7.27. The minimum Gasteiger partial charge on any atom is -0.395 e. The van der Waals surface area contributed by atoms with Gasteiger partial charge in [0.15, 0.2) is 0 Å². The zero-order chi connectivity index (χ0) is 20.1. The third-order valence-electron chi connectivity index (χ3n) is 5.26. The maximum atomic E-state index is 8.93. The van der Waals surface area contributed by atoms with Gasteiger partial charge in [-0.05, 0) is 35.7 Å². The zero-order valence-corrected chi connectivity index (χ0v) is 16.9. The summed E-state index contributed by atoms with van der Waals surface area (Å²) in [5.74, 6) is 6.08. The summed E-state index contributed by atoms with van der Waals surface area (Å²) in [5, 5.41) is 10.1. The van der Waals surface area contributed by atoms with Crippen molar-refractivity contribution < 1.29 is 9.84 Å². The largest absolute Gasteiger partial charge is 0.395 e. The Morgan fingerprint density at radius 2 is 2.00 bits per heavy atom. The number of morpholine rings is 1. The second kappa shape index (κ2) is 9.13. The molecule has 0 bridgehead atoms. The van der Waals surface area contributed by atoms with Gasteiger partial charge in [-0.2, -0.15) is 0 Å². The van der Waals surface area contributed by atoms with E-state index in [1.165, 1.54) is 16.8 Å². The van der Waals surface area contributed by atoms with Crippen molar-refractivity contribution in [3.8, 4) is 23.1 Å². The van der Waals surface area contributed by atoms with Crippen LogP contribution < -0.4 is 4.90 Å². The highest BCUT2D eigenvalue weighted by Crippen LogP contribution is 2.32. The van der Waals surface area contributed by atoms with E-state index in [-0.39, 0.29) is 6.61 Å². The van der Waals surface area contributed by atoms with Crippen LogP contribution in [0.3, 0.4) is 0 Å². The highest BCUT2D eigenvalue weighted by atomic mass is 16.5. The van der Waals surface area contributed by atoms with Crippen LogP contribution in [-0.2, 0) is 11.2 Å². The lowest BCUT2D eigenvalue weighted by molar-refractivity contribution is 0.122. The molecule has 2 N–H and O–H groups in total. The molecule has 5 heteroatoms. The maximum Gasteiger partial charge on any atom is 0.138 e. The normalized spacial score (nSPS) is 14.1. The van der Waals surface area contributed by atoms with Gasteiger partial charge in [-0.3, -0.25) is 0 Å². The van der Waals surface area contributed by atoms with E-state index in [9.17, 15) is 0 Å². The highest BCUT2D eigenvalue weighted by Gasteiger charge is 2.15. The van der Waals surface area contributed by atoms with Crippen LogP contribution in [0, 0.1) is 11.8 Å². The molecule has 0 radical (unpaired) electrons. The van der Waals surface area contributed by atoms with E-state index >= 15 is 0 Å². The van der Waals surface area contributed by atoms with E-state index in [0.717, 1.165) is 61.4 Å². The quantitative estimate of drug-likeness (QED) is 0.653. The van der Waals surface area contributed by atoms with E-state index in [1.807, 2.05) is 0 Å². The van der Waals surface area contributed by atoms with Crippen LogP contribution in [-0.4, -0.2) is 48.0 Å². The minimum absolute atomic E-state index is 0.0819. The Bertz CT molecular complexity index is 1020. The summed E-state index contributed by atoms with van der Waals surface area (Å²) in [5.41, 5.74) is 6.63. The molecular weight excluding hydrogens is 362 g/mol. The summed E-state index contributed by atoms with van der Waals surface area (Å²) in [4.78, 5) is 10.5. The summed E-state index contributed by atoms with van der Waals surface area (Å²) >= 11 is 0. The van der Waals surface area contributed by atoms with Crippen molar-refractivity contribution in [3.63, 3.8) is 0 Å². The van der Waals surface area contributed by atoms with Crippen LogP contribution >= 0.6 is 0 Å². The summed E-state index contributed by atoms with van der Waals surface area (Å²) in [7, 11) is 0. The standard InChI is InChI=1S/C24H27N3O2/c1-2-5-21-22-16-18(6-3-4-13-28)17-25-24(22)26-23(21)19-7-9-20(10-8-19)27-11-14-29-15-12-27/h7-10,16-17,28H,2,4-5,11-15H2,1H3,(H,25,26). The first-order valence-electron chi connectivity index (χ1n) is 10.3. The Balaban J connectivity index is 1.69. The maximum absolute atomic E-state index is 8.93. The number of nitrogens with zero attached hydrogens (tertiary/aromatic N) is 2. The van der Waals surface area contributed by atoms with Crippen molar-refractivity contribution in [3.05, 3.63) is 47.7 Å². The Morgan fingerprint density at radius 1 is 1.21 bits per heavy atom. The predicted molar refractivity (Wildman–Crippen MR) is 117 cm³/mol. The average molecular weight is 389 g/mol. The van der Waals surface area contributed by atoms with Crippen molar-refractivity contribution in [1.82, 2.24) is 9.97 Å². The number of benzene rings is 1. The number of aliphatic hydroxyl groups is 1. The Labute approximate surface area is 171 Å². The number of fused-ring (bicyclic) bond motifs is 1. The molecule has 3 heterocycles. The van der Waals surface area contributed by atoms with Gasteiger partial charge < -0.3 is 19.7 Å². The molecule has 29 heavy (non-hydrogen) atoms. The number of hydrogen-bond acceptors (Lipinski definition) is 4. The lowest BCUT2D eigenvalue weighted by Gasteiger charge is -2.28. The first kappa shape index (κ1) is 19.5. The number of aromatic nitrogens is 2.